The van der Waals surface area contributed by atoms with E-state index in [9.17, 15) is 0 Å². The van der Waals surface area contributed by atoms with Crippen LogP contribution in [-0.4, -0.2) is 10.2 Å². The standard InChI is InChI=1S/C6H2BrN3S/c1-8-4-2-3-5(7)9-10-6(3)11-4/h2H,(H,9,10). The zero-order valence-corrected chi connectivity index (χ0v) is 7.66. The van der Waals surface area contributed by atoms with Crippen LogP contribution < -0.4 is 0 Å². The fourth-order valence-electron chi connectivity index (χ4n) is 0.824. The molecule has 0 atom stereocenters. The molecule has 0 aliphatic heterocycles. The van der Waals surface area contributed by atoms with Crippen LogP contribution in [0.1, 0.15) is 0 Å². The van der Waals surface area contributed by atoms with Crippen LogP contribution in [0.25, 0.3) is 15.1 Å². The summed E-state index contributed by atoms with van der Waals surface area (Å²) in [5.41, 5.74) is 0. The number of H-pyrrole nitrogens is 1. The van der Waals surface area contributed by atoms with E-state index >= 15 is 0 Å². The number of hydrogen-bond acceptors (Lipinski definition) is 2. The lowest BCUT2D eigenvalue weighted by Crippen LogP contribution is -1.62. The molecule has 1 N–H and O–H groups in total. The molecule has 5 heteroatoms. The molecule has 2 aromatic heterocycles. The number of nitrogens with one attached hydrogen (secondary N) is 1. The van der Waals surface area contributed by atoms with Gasteiger partial charge in [-0.05, 0) is 22.0 Å². The van der Waals surface area contributed by atoms with E-state index in [4.69, 9.17) is 6.57 Å². The van der Waals surface area contributed by atoms with Gasteiger partial charge in [-0.1, -0.05) is 0 Å². The average molecular weight is 228 g/mol. The minimum absolute atomic E-state index is 0.678. The van der Waals surface area contributed by atoms with Crippen molar-refractivity contribution in [2.45, 2.75) is 0 Å². The molecule has 0 spiro atoms. The number of nitrogens with zero attached hydrogens (tertiary/aromatic N) is 2. The molecule has 0 saturated heterocycles. The Bertz CT molecular complexity index is 436. The summed E-state index contributed by atoms with van der Waals surface area (Å²) in [5.74, 6) is 0. The Labute approximate surface area is 75.0 Å². The third-order valence-corrected chi connectivity index (χ3v) is 2.83. The average Bonchev–Trinajstić information content (AvgIpc) is 2.53. The molecule has 2 aromatic rings. The third-order valence-electron chi connectivity index (χ3n) is 1.30. The largest absolute Gasteiger partial charge is 0.269 e. The Morgan fingerprint density at radius 1 is 1.73 bits per heavy atom. The summed E-state index contributed by atoms with van der Waals surface area (Å²) < 4.78 is 0.846. The highest BCUT2D eigenvalue weighted by Gasteiger charge is 2.06. The van der Waals surface area contributed by atoms with Gasteiger partial charge in [-0.15, -0.1) is 11.3 Å². The topological polar surface area (TPSA) is 33.0 Å². The molecule has 11 heavy (non-hydrogen) atoms. The Balaban J connectivity index is 2.82. The van der Waals surface area contributed by atoms with Crippen LogP contribution in [0, 0.1) is 6.57 Å². The molecule has 0 aromatic carbocycles. The fourth-order valence-corrected chi connectivity index (χ4v) is 2.13. The molecule has 0 aliphatic rings. The fraction of sp³-hybridized carbons (Fsp3) is 0. The second-order valence-electron chi connectivity index (χ2n) is 1.95. The van der Waals surface area contributed by atoms with Crippen molar-refractivity contribution in [1.29, 1.82) is 0 Å². The van der Waals surface area contributed by atoms with Crippen LogP contribution in [0.2, 0.25) is 0 Å². The Kier molecular flexibility index (Phi) is 1.44. The van der Waals surface area contributed by atoms with Crippen LogP contribution in [-0.2, 0) is 0 Å². The number of halogens is 1. The van der Waals surface area contributed by atoms with E-state index in [1.807, 2.05) is 6.07 Å². The zero-order chi connectivity index (χ0) is 7.84. The maximum Gasteiger partial charge on any atom is 0.243 e. The van der Waals surface area contributed by atoms with Crippen molar-refractivity contribution in [1.82, 2.24) is 10.2 Å². The Hall–Kier alpha value is -0.860. The quantitative estimate of drug-likeness (QED) is 0.691. The Morgan fingerprint density at radius 3 is 3.18 bits per heavy atom. The van der Waals surface area contributed by atoms with Gasteiger partial charge in [-0.2, -0.15) is 5.10 Å². The van der Waals surface area contributed by atoms with Gasteiger partial charge >= 0.3 is 0 Å². The molecule has 0 bridgehead atoms. The Morgan fingerprint density at radius 2 is 2.55 bits per heavy atom. The molecular weight excluding hydrogens is 226 g/mol. The van der Waals surface area contributed by atoms with Crippen LogP contribution >= 0.6 is 27.3 Å². The van der Waals surface area contributed by atoms with Gasteiger partial charge in [0, 0.05) is 5.39 Å². The van der Waals surface area contributed by atoms with Crippen molar-refractivity contribution in [3.05, 3.63) is 22.1 Å². The van der Waals surface area contributed by atoms with E-state index in [1.165, 1.54) is 11.3 Å². The second-order valence-corrected chi connectivity index (χ2v) is 3.75. The lowest BCUT2D eigenvalue weighted by Gasteiger charge is -1.74. The number of rotatable bonds is 0. The molecule has 54 valence electrons. The molecule has 2 rings (SSSR count). The predicted octanol–water partition coefficient (Wildman–Crippen LogP) is 2.94. The maximum absolute atomic E-state index is 6.77. The molecule has 0 saturated carbocycles. The first-order valence-corrected chi connectivity index (χ1v) is 4.43. The van der Waals surface area contributed by atoms with Gasteiger partial charge in [0.25, 0.3) is 0 Å². The van der Waals surface area contributed by atoms with E-state index < -0.39 is 0 Å². The van der Waals surface area contributed by atoms with Crippen LogP contribution in [0.5, 0.6) is 0 Å². The van der Waals surface area contributed by atoms with Gasteiger partial charge in [0.2, 0.25) is 5.00 Å². The van der Waals surface area contributed by atoms with Crippen molar-refractivity contribution >= 4 is 42.5 Å². The molecule has 3 nitrogen and oxygen atoms in total. The summed E-state index contributed by atoms with van der Waals surface area (Å²) >= 11 is 4.69. The summed E-state index contributed by atoms with van der Waals surface area (Å²) in [6.07, 6.45) is 0. The summed E-state index contributed by atoms with van der Waals surface area (Å²) in [6.45, 7) is 6.77. The van der Waals surface area contributed by atoms with E-state index in [2.05, 4.69) is 31.0 Å². The summed E-state index contributed by atoms with van der Waals surface area (Å²) in [7, 11) is 0. The number of fused-ring (bicyclic) bond motifs is 1. The lowest BCUT2D eigenvalue weighted by molar-refractivity contribution is 1.10. The molecule has 0 aliphatic carbocycles. The molecular formula is C6H2BrN3S. The molecule has 0 fully saturated rings. The number of aromatic nitrogens is 2. The van der Waals surface area contributed by atoms with E-state index in [1.54, 1.807) is 0 Å². The lowest BCUT2D eigenvalue weighted by atomic mass is 10.4. The van der Waals surface area contributed by atoms with Crippen LogP contribution in [0.3, 0.4) is 0 Å². The normalized spacial score (nSPS) is 10.2. The summed E-state index contributed by atoms with van der Waals surface area (Å²) in [5, 5.41) is 8.44. The number of aromatic amines is 1. The maximum atomic E-state index is 6.77. The highest BCUT2D eigenvalue weighted by molar-refractivity contribution is 9.10. The van der Waals surface area contributed by atoms with Gasteiger partial charge in [-0.3, -0.25) is 5.10 Å². The predicted molar refractivity (Wildman–Crippen MR) is 47.9 cm³/mol. The smallest absolute Gasteiger partial charge is 0.243 e. The van der Waals surface area contributed by atoms with Crippen molar-refractivity contribution in [3.63, 3.8) is 0 Å². The van der Waals surface area contributed by atoms with Crippen molar-refractivity contribution in [2.75, 3.05) is 0 Å². The monoisotopic (exact) mass is 227 g/mol. The molecule has 0 amide bonds. The SMILES string of the molecule is [C-]#[N+]c1cc2c(Br)[nH]nc2s1. The van der Waals surface area contributed by atoms with Crippen molar-refractivity contribution in [3.8, 4) is 0 Å². The highest BCUT2D eigenvalue weighted by atomic mass is 79.9. The van der Waals surface area contributed by atoms with Crippen LogP contribution in [0.15, 0.2) is 10.7 Å². The van der Waals surface area contributed by atoms with E-state index in [0.717, 1.165) is 14.8 Å². The number of hydrogen-bond donors (Lipinski definition) is 1. The molecule has 0 unspecified atom stereocenters. The van der Waals surface area contributed by atoms with E-state index in [-0.39, 0.29) is 0 Å². The highest BCUT2D eigenvalue weighted by Crippen LogP contribution is 2.33. The van der Waals surface area contributed by atoms with Crippen molar-refractivity contribution in [2.24, 2.45) is 0 Å². The van der Waals surface area contributed by atoms with E-state index in [0.29, 0.717) is 5.00 Å². The van der Waals surface area contributed by atoms with Crippen molar-refractivity contribution < 1.29 is 0 Å². The van der Waals surface area contributed by atoms with Crippen LogP contribution in [0.4, 0.5) is 5.00 Å². The second kappa shape index (κ2) is 2.32. The first-order valence-electron chi connectivity index (χ1n) is 2.82. The minimum Gasteiger partial charge on any atom is -0.269 e. The summed E-state index contributed by atoms with van der Waals surface area (Å²) in [4.78, 5) is 4.19. The van der Waals surface area contributed by atoms with Gasteiger partial charge in [0.1, 0.15) is 9.43 Å². The first-order chi connectivity index (χ1) is 5.31. The zero-order valence-electron chi connectivity index (χ0n) is 5.26. The molecule has 2 heterocycles. The summed E-state index contributed by atoms with van der Waals surface area (Å²) in [6, 6.07) is 1.82. The molecule has 0 radical (unpaired) electrons. The number of thiophene rings is 1. The first kappa shape index (κ1) is 6.83. The van der Waals surface area contributed by atoms with Gasteiger partial charge in [-0.25, -0.2) is 4.85 Å². The van der Waals surface area contributed by atoms with Gasteiger partial charge in [0.15, 0.2) is 0 Å². The third kappa shape index (κ3) is 0.951. The minimum atomic E-state index is 0.678. The van der Waals surface area contributed by atoms with Gasteiger partial charge in [0.05, 0.1) is 6.57 Å². The van der Waals surface area contributed by atoms with Gasteiger partial charge < -0.3 is 0 Å².